The van der Waals surface area contributed by atoms with Crippen molar-refractivity contribution in [1.82, 2.24) is 28.2 Å². The largest absolute Gasteiger partial charge is 0.458 e. The van der Waals surface area contributed by atoms with E-state index in [1.165, 1.54) is 27.1 Å². The van der Waals surface area contributed by atoms with Crippen LogP contribution in [0.2, 0.25) is 0 Å². The topological polar surface area (TPSA) is 64.0 Å². The van der Waals surface area contributed by atoms with Crippen LogP contribution in [0.1, 0.15) is 0 Å². The molecule has 91 heavy (non-hydrogen) atoms. The average molecular weight is 1160 g/mol. The Morgan fingerprint density at radius 2 is 0.703 bits per heavy atom. The van der Waals surface area contributed by atoms with E-state index in [0.717, 1.165) is 150 Å². The molecule has 0 amide bonds. The smallest absolute Gasteiger partial charge is 0.260 e. The zero-order valence-electron chi connectivity index (χ0n) is 48.9. The van der Waals surface area contributed by atoms with Crippen LogP contribution in [0.5, 0.6) is 23.0 Å². The lowest BCUT2D eigenvalue weighted by molar-refractivity contribution is 0.464. The Hall–Kier alpha value is -12.2. The fraction of sp³-hybridized carbons (Fsp3) is 0. The van der Waals surface area contributed by atoms with Crippen LogP contribution < -0.4 is 25.9 Å². The highest BCUT2D eigenvalue weighted by molar-refractivity contribution is 6.98. The summed E-state index contributed by atoms with van der Waals surface area (Å²) in [7, 11) is 0. The maximum Gasteiger partial charge on any atom is 0.260 e. The van der Waals surface area contributed by atoms with E-state index in [1.54, 1.807) is 0 Å². The van der Waals surface area contributed by atoms with E-state index in [1.807, 2.05) is 0 Å². The van der Waals surface area contributed by atoms with Crippen LogP contribution >= 0.6 is 0 Å². The lowest BCUT2D eigenvalue weighted by atomic mass is 9.35. The zero-order chi connectivity index (χ0) is 59.4. The number of rotatable bonds is 7. The fourth-order valence-electron chi connectivity index (χ4n) is 15.3. The Labute approximate surface area is 522 Å². The molecule has 0 radical (unpaired) electrons. The average Bonchev–Trinajstić information content (AvgIpc) is 1.66. The second-order valence-corrected chi connectivity index (χ2v) is 23.9. The lowest BCUT2D eigenvalue weighted by Crippen LogP contribution is -2.57. The number of ether oxygens (including phenoxy) is 2. The quantitative estimate of drug-likeness (QED) is 0.149. The Morgan fingerprint density at radius 1 is 0.275 bits per heavy atom. The monoisotopic (exact) mass is 1160 g/mol. The van der Waals surface area contributed by atoms with Crippen molar-refractivity contribution in [3.8, 4) is 79.7 Å². The molecule has 0 spiro atoms. The van der Waals surface area contributed by atoms with Crippen LogP contribution in [0.15, 0.2) is 297 Å². The van der Waals surface area contributed by atoms with E-state index in [-0.39, 0.29) is 6.71 Å². The molecule has 7 heterocycles. The van der Waals surface area contributed by atoms with Gasteiger partial charge in [-0.25, -0.2) is 9.97 Å². The molecule has 9 heteroatoms. The molecule has 0 bridgehead atoms. The van der Waals surface area contributed by atoms with Crippen LogP contribution in [0.3, 0.4) is 0 Å². The van der Waals surface area contributed by atoms with Gasteiger partial charge in [0.05, 0.1) is 72.6 Å². The lowest BCUT2D eigenvalue weighted by Gasteiger charge is -2.33. The molecular weight excluding hydrogens is 1110 g/mol. The predicted octanol–water partition coefficient (Wildman–Crippen LogP) is 18.6. The summed E-state index contributed by atoms with van der Waals surface area (Å²) in [4.78, 5) is 11.3. The van der Waals surface area contributed by atoms with Crippen molar-refractivity contribution in [1.29, 1.82) is 0 Å². The molecule has 2 aliphatic rings. The van der Waals surface area contributed by atoms with Crippen LogP contribution in [0, 0.1) is 0 Å². The van der Waals surface area contributed by atoms with Crippen LogP contribution in [0.4, 0.5) is 0 Å². The molecule has 0 aliphatic carbocycles. The molecule has 20 rings (SSSR count). The summed E-state index contributed by atoms with van der Waals surface area (Å²) in [5, 5.41) is 9.37. The summed E-state index contributed by atoms with van der Waals surface area (Å²) < 4.78 is 23.4. The van der Waals surface area contributed by atoms with Crippen molar-refractivity contribution in [3.05, 3.63) is 297 Å². The molecule has 13 aromatic carbocycles. The first kappa shape index (κ1) is 49.9. The summed E-state index contributed by atoms with van der Waals surface area (Å²) in [6.07, 6.45) is 0. The van der Waals surface area contributed by atoms with Crippen LogP contribution in [-0.2, 0) is 0 Å². The summed E-state index contributed by atoms with van der Waals surface area (Å²) in [5.41, 5.74) is 20.8. The highest BCUT2D eigenvalue weighted by atomic mass is 16.5. The minimum Gasteiger partial charge on any atom is -0.458 e. The van der Waals surface area contributed by atoms with Crippen molar-refractivity contribution in [2.24, 2.45) is 0 Å². The van der Waals surface area contributed by atoms with Gasteiger partial charge in [0.2, 0.25) is 0 Å². The van der Waals surface area contributed by atoms with Gasteiger partial charge in [-0.15, -0.1) is 0 Å². The zero-order valence-corrected chi connectivity index (χ0v) is 48.9. The summed E-state index contributed by atoms with van der Waals surface area (Å²) in [6.45, 7) is -0.0182. The molecule has 0 unspecified atom stereocenters. The standard InChI is InChI=1S/C82H49BN6O2/c1-3-23-50(24-4-1)63-49-64(85-82(84-63)58-32-12-20-40-70(58)88-69-39-19-11-31-57(69)80-72(88)44-43-71-79(80)56-30-10-18-38-68(56)86(71)51-25-5-2-6-26-51)55-29-9-17-37-67(55)89-66-36-16-8-28-54(66)60-47-73-59(48-74(60)89)53-27-7-15-35-65(53)87(73)52-45-77-81-78(46-52)91-76-42-22-14-34-62(76)83(81)61-33-13-21-41-75(61)90-77/h1-49H. The molecule has 0 atom stereocenters. The van der Waals surface area contributed by atoms with Gasteiger partial charge in [0.25, 0.3) is 6.71 Å². The number of para-hydroxylation sites is 9. The molecule has 0 fully saturated rings. The van der Waals surface area contributed by atoms with Gasteiger partial charge >= 0.3 is 0 Å². The first-order valence-electron chi connectivity index (χ1n) is 31.0. The van der Waals surface area contributed by atoms with E-state index in [9.17, 15) is 0 Å². The Morgan fingerprint density at radius 3 is 1.33 bits per heavy atom. The Bertz CT molecular complexity index is 6050. The van der Waals surface area contributed by atoms with E-state index in [4.69, 9.17) is 19.4 Å². The third kappa shape index (κ3) is 7.22. The number of hydrogen-bond acceptors (Lipinski definition) is 4. The van der Waals surface area contributed by atoms with E-state index in [0.29, 0.717) is 5.82 Å². The Balaban J connectivity index is 0.785. The van der Waals surface area contributed by atoms with Crippen molar-refractivity contribution in [2.45, 2.75) is 0 Å². The highest BCUT2D eigenvalue weighted by Crippen LogP contribution is 2.47. The SMILES string of the molecule is c1ccc(-c2cc(-c3ccccc3-n3c4ccccc4c4cc5c(cc43)c3ccccc3n5-c3cc4c5c(c3)Oc3ccccc3B5c3ccccc3O4)nc(-c3ccccc3-n3c4ccccc4c4c5c6ccccc6n(-c6ccccc6)c5ccc43)n2)cc1. The molecular formula is C82H49BN6O2. The summed E-state index contributed by atoms with van der Waals surface area (Å²) in [5.74, 6) is 3.95. The first-order chi connectivity index (χ1) is 45.2. The van der Waals surface area contributed by atoms with Crippen molar-refractivity contribution < 1.29 is 9.47 Å². The molecule has 0 saturated heterocycles. The van der Waals surface area contributed by atoms with Crippen molar-refractivity contribution in [2.75, 3.05) is 0 Å². The molecule has 2 aliphatic heterocycles. The van der Waals surface area contributed by atoms with Gasteiger partial charge in [0, 0.05) is 83.1 Å². The second-order valence-electron chi connectivity index (χ2n) is 23.9. The minimum absolute atomic E-state index is 0.0182. The molecule has 0 N–H and O–H groups in total. The minimum atomic E-state index is -0.0182. The van der Waals surface area contributed by atoms with Crippen molar-refractivity contribution in [3.63, 3.8) is 0 Å². The van der Waals surface area contributed by atoms with E-state index in [2.05, 4.69) is 316 Å². The van der Waals surface area contributed by atoms with Gasteiger partial charge in [-0.1, -0.05) is 188 Å². The normalized spacial score (nSPS) is 12.5. The predicted molar refractivity (Wildman–Crippen MR) is 373 cm³/mol. The number of aromatic nitrogens is 6. The van der Waals surface area contributed by atoms with Crippen molar-refractivity contribution >= 4 is 110 Å². The number of fused-ring (bicyclic) bond motifs is 17. The second kappa shape index (κ2) is 19.2. The van der Waals surface area contributed by atoms with Gasteiger partial charge in [0.1, 0.15) is 23.0 Å². The van der Waals surface area contributed by atoms with Crippen LogP contribution in [0.25, 0.3) is 144 Å². The van der Waals surface area contributed by atoms with Crippen LogP contribution in [-0.4, -0.2) is 34.9 Å². The summed E-state index contributed by atoms with van der Waals surface area (Å²) >= 11 is 0. The fourth-order valence-corrected chi connectivity index (χ4v) is 15.3. The van der Waals surface area contributed by atoms with E-state index < -0.39 is 0 Å². The molecule has 422 valence electrons. The number of benzene rings is 13. The molecule has 8 nitrogen and oxygen atoms in total. The molecule has 18 aromatic rings. The van der Waals surface area contributed by atoms with Gasteiger partial charge in [-0.05, 0) is 108 Å². The maximum absolute atomic E-state index is 6.88. The number of nitrogens with zero attached hydrogens (tertiary/aromatic N) is 6. The molecule has 5 aromatic heterocycles. The van der Waals surface area contributed by atoms with E-state index >= 15 is 0 Å². The van der Waals surface area contributed by atoms with Gasteiger partial charge in [0.15, 0.2) is 5.82 Å². The van der Waals surface area contributed by atoms with Gasteiger partial charge in [-0.2, -0.15) is 0 Å². The maximum atomic E-state index is 6.88. The number of hydrogen-bond donors (Lipinski definition) is 0. The van der Waals surface area contributed by atoms with Gasteiger partial charge in [-0.3, -0.25) is 0 Å². The molecule has 0 saturated carbocycles. The third-order valence-electron chi connectivity index (χ3n) is 19.1. The first-order valence-corrected chi connectivity index (χ1v) is 31.0. The van der Waals surface area contributed by atoms with Gasteiger partial charge < -0.3 is 27.7 Å². The third-order valence-corrected chi connectivity index (χ3v) is 19.1. The Kier molecular flexibility index (Phi) is 10.5. The highest BCUT2D eigenvalue weighted by Gasteiger charge is 2.40. The summed E-state index contributed by atoms with van der Waals surface area (Å²) in [6, 6.07) is 106.